The number of nitrogens with one attached hydrogen (secondary N) is 2. The summed E-state index contributed by atoms with van der Waals surface area (Å²) in [7, 11) is 1.46. The summed E-state index contributed by atoms with van der Waals surface area (Å²) in [5.74, 6) is -3.27. The van der Waals surface area contributed by atoms with Crippen molar-refractivity contribution in [2.45, 2.75) is 24.8 Å². The molecule has 12 nitrogen and oxygen atoms in total. The van der Waals surface area contributed by atoms with Crippen LogP contribution in [0.15, 0.2) is 42.5 Å². The van der Waals surface area contributed by atoms with E-state index < -0.39 is 63.9 Å². The number of hydrogen-bond acceptors (Lipinski definition) is 7. The SMILES string of the molecule is CC[C@@H](NC(=O)N1CC(=O)NC[C@H]([C@H](Cl)c2ccccc2OC)C1=O)c1ccc(C(=O)O)c([N+](=O)[O-])c1. The van der Waals surface area contributed by atoms with E-state index in [9.17, 15) is 34.4 Å². The van der Waals surface area contributed by atoms with Gasteiger partial charge in [0, 0.05) is 18.2 Å². The Morgan fingerprint density at radius 3 is 2.62 bits per heavy atom. The molecule has 0 bridgehead atoms. The van der Waals surface area contributed by atoms with Gasteiger partial charge >= 0.3 is 12.0 Å². The van der Waals surface area contributed by atoms with E-state index in [4.69, 9.17) is 16.3 Å². The number of nitro benzene ring substituents is 1. The lowest BCUT2D eigenvalue weighted by Gasteiger charge is -2.27. The number of methoxy groups -OCH3 is 1. The van der Waals surface area contributed by atoms with Crippen LogP contribution in [0.4, 0.5) is 10.5 Å². The van der Waals surface area contributed by atoms with Crippen molar-refractivity contribution in [2.75, 3.05) is 20.2 Å². The van der Waals surface area contributed by atoms with Gasteiger partial charge in [-0.05, 0) is 24.1 Å². The molecule has 1 saturated heterocycles. The van der Waals surface area contributed by atoms with Crippen LogP contribution >= 0.6 is 11.6 Å². The van der Waals surface area contributed by atoms with Gasteiger partial charge in [0.1, 0.15) is 17.9 Å². The summed E-state index contributed by atoms with van der Waals surface area (Å²) in [4.78, 5) is 61.5. The lowest BCUT2D eigenvalue weighted by molar-refractivity contribution is -0.385. The molecule has 0 radical (unpaired) electrons. The summed E-state index contributed by atoms with van der Waals surface area (Å²) in [6.45, 7) is 1.04. The first kappa shape index (κ1) is 27.4. The molecule has 4 amide bonds. The van der Waals surface area contributed by atoms with Gasteiger partial charge in [0.2, 0.25) is 11.8 Å². The van der Waals surface area contributed by atoms with E-state index in [2.05, 4.69) is 10.6 Å². The maximum atomic E-state index is 13.4. The number of carbonyl (C=O) groups is 4. The number of nitrogens with zero attached hydrogens (tertiary/aromatic N) is 2. The third-order valence-electron chi connectivity index (χ3n) is 6.00. The molecular formula is C24H25ClN4O8. The third-order valence-corrected chi connectivity index (χ3v) is 6.54. The number of amides is 4. The Bertz CT molecular complexity index is 1240. The Hall–Kier alpha value is -4.19. The van der Waals surface area contributed by atoms with Crippen molar-refractivity contribution >= 4 is 41.1 Å². The Labute approximate surface area is 216 Å². The van der Waals surface area contributed by atoms with Crippen LogP contribution in [0.25, 0.3) is 0 Å². The Kier molecular flexibility index (Phi) is 8.66. The molecule has 0 aromatic heterocycles. The molecule has 0 saturated carbocycles. The summed E-state index contributed by atoms with van der Waals surface area (Å²) in [5.41, 5.74) is -0.356. The van der Waals surface area contributed by atoms with Crippen LogP contribution in [0, 0.1) is 16.0 Å². The van der Waals surface area contributed by atoms with Gasteiger partial charge in [0.05, 0.1) is 29.4 Å². The average molecular weight is 533 g/mol. The van der Waals surface area contributed by atoms with Gasteiger partial charge in [-0.3, -0.25) is 24.6 Å². The first-order valence-electron chi connectivity index (χ1n) is 11.3. The minimum absolute atomic E-state index is 0.103. The molecule has 1 heterocycles. The van der Waals surface area contributed by atoms with Crippen molar-refractivity contribution in [3.63, 3.8) is 0 Å². The highest BCUT2D eigenvalue weighted by atomic mass is 35.5. The molecule has 3 N–H and O–H groups in total. The molecule has 2 aromatic carbocycles. The van der Waals surface area contributed by atoms with Crippen LogP contribution in [-0.2, 0) is 9.59 Å². The zero-order valence-electron chi connectivity index (χ0n) is 20.0. The predicted octanol–water partition coefficient (Wildman–Crippen LogP) is 3.02. The van der Waals surface area contributed by atoms with Gasteiger partial charge in [0.25, 0.3) is 5.69 Å². The summed E-state index contributed by atoms with van der Waals surface area (Å²) in [5, 5.41) is 24.9. The lowest BCUT2D eigenvalue weighted by Crippen LogP contribution is -2.48. The predicted molar refractivity (Wildman–Crippen MR) is 131 cm³/mol. The van der Waals surface area contributed by atoms with E-state index in [1.54, 1.807) is 31.2 Å². The number of ether oxygens (including phenoxy) is 1. The van der Waals surface area contributed by atoms with Crippen LogP contribution in [0.2, 0.25) is 0 Å². The minimum atomic E-state index is -1.46. The fraction of sp³-hybridized carbons (Fsp3) is 0.333. The van der Waals surface area contributed by atoms with Crippen LogP contribution in [-0.4, -0.2) is 58.9 Å². The maximum Gasteiger partial charge on any atom is 0.342 e. The molecule has 13 heteroatoms. The van der Waals surface area contributed by atoms with Gasteiger partial charge in [-0.25, -0.2) is 9.59 Å². The summed E-state index contributed by atoms with van der Waals surface area (Å²) in [6, 6.07) is 8.60. The van der Waals surface area contributed by atoms with Gasteiger partial charge in [-0.2, -0.15) is 0 Å². The average Bonchev–Trinajstić information content (AvgIpc) is 3.04. The number of alkyl halides is 1. The van der Waals surface area contributed by atoms with E-state index in [-0.39, 0.29) is 18.5 Å². The number of aromatic carboxylic acids is 1. The van der Waals surface area contributed by atoms with Gasteiger partial charge in [-0.15, -0.1) is 11.6 Å². The third kappa shape index (κ3) is 5.97. The van der Waals surface area contributed by atoms with E-state index in [1.807, 2.05) is 0 Å². The number of benzene rings is 2. The molecule has 3 atom stereocenters. The quantitative estimate of drug-likeness (QED) is 0.265. The Balaban J connectivity index is 1.88. The zero-order valence-corrected chi connectivity index (χ0v) is 20.7. The standard InChI is InChI=1S/C24H25ClN4O8/c1-3-17(13-8-9-14(23(32)33)18(10-13)29(35)36)27-24(34)28-12-20(30)26-11-16(22(28)31)21(25)15-6-4-5-7-19(15)37-2/h4-10,16-17,21H,3,11-12H2,1-2H3,(H,26,30)(H,27,34)(H,32,33)/t16-,17-,21-/m1/s1. The van der Waals surface area contributed by atoms with Crippen LogP contribution < -0.4 is 15.4 Å². The van der Waals surface area contributed by atoms with Gasteiger partial charge in [-0.1, -0.05) is 31.2 Å². The highest BCUT2D eigenvalue weighted by molar-refractivity contribution is 6.23. The van der Waals surface area contributed by atoms with Gasteiger partial charge < -0.3 is 20.5 Å². The number of carbonyl (C=O) groups excluding carboxylic acids is 3. The molecule has 1 fully saturated rings. The summed E-state index contributed by atoms with van der Waals surface area (Å²) < 4.78 is 5.32. The van der Waals surface area contributed by atoms with Crippen LogP contribution in [0.3, 0.4) is 0 Å². The monoisotopic (exact) mass is 532 g/mol. The second kappa shape index (κ2) is 11.7. The number of urea groups is 1. The van der Waals surface area contributed by atoms with E-state index >= 15 is 0 Å². The molecule has 2 aromatic rings. The Morgan fingerprint density at radius 2 is 2.00 bits per heavy atom. The first-order chi connectivity index (χ1) is 17.6. The summed E-state index contributed by atoms with van der Waals surface area (Å²) in [6.07, 6.45) is 0.256. The van der Waals surface area contributed by atoms with Crippen molar-refractivity contribution in [3.05, 3.63) is 69.3 Å². The molecular weight excluding hydrogens is 508 g/mol. The Morgan fingerprint density at radius 1 is 1.30 bits per heavy atom. The largest absolute Gasteiger partial charge is 0.496 e. The van der Waals surface area contributed by atoms with E-state index in [1.165, 1.54) is 13.2 Å². The number of nitro groups is 1. The molecule has 3 rings (SSSR count). The molecule has 37 heavy (non-hydrogen) atoms. The van der Waals surface area contributed by atoms with Crippen LogP contribution in [0.5, 0.6) is 5.75 Å². The molecule has 1 aliphatic heterocycles. The topological polar surface area (TPSA) is 168 Å². The number of para-hydroxylation sites is 1. The number of rotatable bonds is 8. The highest BCUT2D eigenvalue weighted by Gasteiger charge is 2.39. The van der Waals surface area contributed by atoms with Gasteiger partial charge in [0.15, 0.2) is 0 Å². The molecule has 0 aliphatic carbocycles. The minimum Gasteiger partial charge on any atom is -0.496 e. The van der Waals surface area contributed by atoms with Crippen molar-refractivity contribution in [1.82, 2.24) is 15.5 Å². The maximum absolute atomic E-state index is 13.4. The first-order valence-corrected chi connectivity index (χ1v) is 11.7. The fourth-order valence-electron chi connectivity index (χ4n) is 4.05. The van der Waals surface area contributed by atoms with Crippen molar-refractivity contribution < 1.29 is 33.9 Å². The molecule has 1 aliphatic rings. The number of carboxylic acids is 1. The van der Waals surface area contributed by atoms with Crippen LogP contribution in [0.1, 0.15) is 46.2 Å². The second-order valence-corrected chi connectivity index (χ2v) is 8.70. The summed E-state index contributed by atoms with van der Waals surface area (Å²) >= 11 is 6.65. The smallest absolute Gasteiger partial charge is 0.342 e. The number of carboxylic acid groups (broad SMARTS) is 1. The zero-order chi connectivity index (χ0) is 27.3. The van der Waals surface area contributed by atoms with Crippen molar-refractivity contribution in [2.24, 2.45) is 5.92 Å². The van der Waals surface area contributed by atoms with E-state index in [0.29, 0.717) is 11.3 Å². The lowest BCUT2D eigenvalue weighted by atomic mass is 9.96. The van der Waals surface area contributed by atoms with E-state index in [0.717, 1.165) is 17.0 Å². The number of hydrogen-bond donors (Lipinski definition) is 3. The molecule has 0 spiro atoms. The number of imide groups is 1. The highest BCUT2D eigenvalue weighted by Crippen LogP contribution is 2.36. The van der Waals surface area contributed by atoms with Crippen molar-refractivity contribution in [3.8, 4) is 5.75 Å². The number of halogens is 1. The normalized spacial score (nSPS) is 17.3. The fourth-order valence-corrected chi connectivity index (χ4v) is 4.42. The van der Waals surface area contributed by atoms with Crippen molar-refractivity contribution in [1.29, 1.82) is 0 Å². The molecule has 196 valence electrons. The molecule has 0 unspecified atom stereocenters. The second-order valence-electron chi connectivity index (χ2n) is 8.23.